The van der Waals surface area contributed by atoms with Gasteiger partial charge in [0.1, 0.15) is 0 Å². The highest BCUT2D eigenvalue weighted by Crippen LogP contribution is 2.31. The number of nitrogens with one attached hydrogen (secondary N) is 1. The molecule has 1 aromatic heterocycles. The smallest absolute Gasteiger partial charge is 0.254 e. The monoisotopic (exact) mass is 378 g/mol. The Labute approximate surface area is 163 Å². The van der Waals surface area contributed by atoms with Crippen LogP contribution in [0.25, 0.3) is 0 Å². The molecule has 2 heterocycles. The molecule has 4 rings (SSSR count). The second-order valence-corrected chi connectivity index (χ2v) is 6.87. The summed E-state index contributed by atoms with van der Waals surface area (Å²) in [6.07, 6.45) is 4.86. The molecule has 27 heavy (non-hydrogen) atoms. The quantitative estimate of drug-likeness (QED) is 0.733. The molecule has 0 fully saturated rings. The van der Waals surface area contributed by atoms with E-state index < -0.39 is 0 Å². The van der Waals surface area contributed by atoms with Crippen molar-refractivity contribution in [1.29, 1.82) is 0 Å². The number of carbonyl (C=O) groups is 1. The average Bonchev–Trinajstić information content (AvgIpc) is 3.12. The standard InChI is InChI=1S/C21H19ClN4O/c22-18-6-3-4-15(12-18)8-10-23-20(27)17-13-24-21(25-14-17)26-11-9-16-5-1-2-7-19(16)26/h1-7,12-14H,8-11H2,(H,23,27). The van der Waals surface area contributed by atoms with Gasteiger partial charge < -0.3 is 10.2 Å². The minimum Gasteiger partial charge on any atom is -0.352 e. The number of anilines is 2. The molecule has 3 aromatic rings. The highest BCUT2D eigenvalue weighted by molar-refractivity contribution is 6.30. The van der Waals surface area contributed by atoms with Crippen LogP contribution < -0.4 is 10.2 Å². The normalized spacial score (nSPS) is 12.7. The van der Waals surface area contributed by atoms with E-state index in [0.717, 1.165) is 30.6 Å². The predicted octanol–water partition coefficient (Wildman–Crippen LogP) is 3.80. The van der Waals surface area contributed by atoms with Gasteiger partial charge in [-0.15, -0.1) is 0 Å². The number of hydrogen-bond donors (Lipinski definition) is 1. The number of carbonyl (C=O) groups excluding carboxylic acids is 1. The molecule has 6 heteroatoms. The van der Waals surface area contributed by atoms with Crippen molar-refractivity contribution in [3.05, 3.63) is 82.6 Å². The van der Waals surface area contributed by atoms with Crippen molar-refractivity contribution in [2.45, 2.75) is 12.8 Å². The maximum atomic E-state index is 12.3. The molecule has 136 valence electrons. The molecule has 5 nitrogen and oxygen atoms in total. The summed E-state index contributed by atoms with van der Waals surface area (Å²) in [4.78, 5) is 23.2. The van der Waals surface area contributed by atoms with E-state index in [1.807, 2.05) is 36.4 Å². The second-order valence-electron chi connectivity index (χ2n) is 6.44. The summed E-state index contributed by atoms with van der Waals surface area (Å²) in [7, 11) is 0. The number of aromatic nitrogens is 2. The second kappa shape index (κ2) is 7.76. The molecule has 1 N–H and O–H groups in total. The van der Waals surface area contributed by atoms with Gasteiger partial charge in [-0.2, -0.15) is 0 Å². The third kappa shape index (κ3) is 3.93. The van der Waals surface area contributed by atoms with E-state index in [1.165, 1.54) is 5.56 Å². The summed E-state index contributed by atoms with van der Waals surface area (Å²) >= 11 is 5.97. The van der Waals surface area contributed by atoms with Gasteiger partial charge in [0.2, 0.25) is 5.95 Å². The number of para-hydroxylation sites is 1. The van der Waals surface area contributed by atoms with Gasteiger partial charge in [-0.25, -0.2) is 9.97 Å². The van der Waals surface area contributed by atoms with Gasteiger partial charge in [0.05, 0.1) is 5.56 Å². The minimum atomic E-state index is -0.176. The number of halogens is 1. The van der Waals surface area contributed by atoms with E-state index in [9.17, 15) is 4.79 Å². The largest absolute Gasteiger partial charge is 0.352 e. The topological polar surface area (TPSA) is 58.1 Å². The van der Waals surface area contributed by atoms with Gasteiger partial charge in [-0.1, -0.05) is 41.9 Å². The van der Waals surface area contributed by atoms with E-state index in [4.69, 9.17) is 11.6 Å². The van der Waals surface area contributed by atoms with Crippen LogP contribution in [0.15, 0.2) is 60.9 Å². The lowest BCUT2D eigenvalue weighted by Gasteiger charge is -2.16. The van der Waals surface area contributed by atoms with Crippen LogP contribution in [0.4, 0.5) is 11.6 Å². The van der Waals surface area contributed by atoms with Crippen molar-refractivity contribution in [1.82, 2.24) is 15.3 Å². The van der Waals surface area contributed by atoms with Gasteiger partial charge in [-0.3, -0.25) is 4.79 Å². The van der Waals surface area contributed by atoms with Crippen LogP contribution in [0, 0.1) is 0 Å². The van der Waals surface area contributed by atoms with Gasteiger partial charge >= 0.3 is 0 Å². The lowest BCUT2D eigenvalue weighted by Crippen LogP contribution is -2.26. The number of rotatable bonds is 5. The van der Waals surface area contributed by atoms with Crippen LogP contribution in [-0.4, -0.2) is 29.0 Å². The summed E-state index contributed by atoms with van der Waals surface area (Å²) in [5, 5.41) is 3.60. The zero-order valence-electron chi connectivity index (χ0n) is 14.7. The Bertz CT molecular complexity index is 958. The molecular weight excluding hydrogens is 360 g/mol. The van der Waals surface area contributed by atoms with Crippen LogP contribution in [0.5, 0.6) is 0 Å². The first-order valence-corrected chi connectivity index (χ1v) is 9.28. The van der Waals surface area contributed by atoms with Crippen molar-refractivity contribution < 1.29 is 4.79 Å². The molecule has 0 radical (unpaired) electrons. The van der Waals surface area contributed by atoms with E-state index in [0.29, 0.717) is 23.1 Å². The Morgan fingerprint density at radius 3 is 2.74 bits per heavy atom. The zero-order valence-corrected chi connectivity index (χ0v) is 15.5. The van der Waals surface area contributed by atoms with Crippen molar-refractivity contribution in [2.24, 2.45) is 0 Å². The molecule has 1 aliphatic heterocycles. The van der Waals surface area contributed by atoms with Crippen molar-refractivity contribution in [2.75, 3.05) is 18.0 Å². The first kappa shape index (κ1) is 17.5. The Hall–Kier alpha value is -2.92. The predicted molar refractivity (Wildman–Crippen MR) is 107 cm³/mol. The van der Waals surface area contributed by atoms with Crippen LogP contribution in [0.2, 0.25) is 5.02 Å². The molecule has 1 aliphatic rings. The van der Waals surface area contributed by atoms with Gasteiger partial charge in [0.25, 0.3) is 5.91 Å². The van der Waals surface area contributed by atoms with Crippen molar-refractivity contribution >= 4 is 29.1 Å². The summed E-state index contributed by atoms with van der Waals surface area (Å²) in [5.74, 6) is 0.445. The third-order valence-corrected chi connectivity index (χ3v) is 4.85. The summed E-state index contributed by atoms with van der Waals surface area (Å²) < 4.78 is 0. The van der Waals surface area contributed by atoms with Gasteiger partial charge in [0.15, 0.2) is 0 Å². The highest BCUT2D eigenvalue weighted by Gasteiger charge is 2.21. The number of benzene rings is 2. The lowest BCUT2D eigenvalue weighted by atomic mass is 10.1. The fourth-order valence-corrected chi connectivity index (χ4v) is 3.45. The number of amides is 1. The summed E-state index contributed by atoms with van der Waals surface area (Å²) in [6, 6.07) is 15.9. The molecule has 0 saturated heterocycles. The molecule has 0 saturated carbocycles. The Morgan fingerprint density at radius 2 is 1.93 bits per heavy atom. The molecule has 1 amide bonds. The van der Waals surface area contributed by atoms with Crippen LogP contribution in [0.3, 0.4) is 0 Å². The molecule has 0 aliphatic carbocycles. The third-order valence-electron chi connectivity index (χ3n) is 4.62. The minimum absolute atomic E-state index is 0.176. The van der Waals surface area contributed by atoms with Crippen LogP contribution >= 0.6 is 11.6 Å². The van der Waals surface area contributed by atoms with E-state index in [2.05, 4.69) is 32.3 Å². The molecule has 0 spiro atoms. The lowest BCUT2D eigenvalue weighted by molar-refractivity contribution is 0.0953. The van der Waals surface area contributed by atoms with Gasteiger partial charge in [-0.05, 0) is 42.2 Å². The first-order chi connectivity index (χ1) is 13.2. The maximum Gasteiger partial charge on any atom is 0.254 e. The fraction of sp³-hybridized carbons (Fsp3) is 0.190. The SMILES string of the molecule is O=C(NCCc1cccc(Cl)c1)c1cnc(N2CCc3ccccc32)nc1. The summed E-state index contributed by atoms with van der Waals surface area (Å²) in [5.41, 5.74) is 3.97. The molecule has 0 atom stereocenters. The molecule has 2 aromatic carbocycles. The highest BCUT2D eigenvalue weighted by atomic mass is 35.5. The van der Waals surface area contributed by atoms with Crippen LogP contribution in [-0.2, 0) is 12.8 Å². The Balaban J connectivity index is 1.37. The molecule has 0 bridgehead atoms. The number of hydrogen-bond acceptors (Lipinski definition) is 4. The van der Waals surface area contributed by atoms with Crippen molar-refractivity contribution in [3.63, 3.8) is 0 Å². The van der Waals surface area contributed by atoms with Crippen LogP contribution in [0.1, 0.15) is 21.5 Å². The maximum absolute atomic E-state index is 12.3. The Kier molecular flexibility index (Phi) is 5.03. The van der Waals surface area contributed by atoms with E-state index in [-0.39, 0.29) is 5.91 Å². The van der Waals surface area contributed by atoms with E-state index in [1.54, 1.807) is 12.4 Å². The summed E-state index contributed by atoms with van der Waals surface area (Å²) in [6.45, 7) is 1.38. The van der Waals surface area contributed by atoms with Gasteiger partial charge in [0, 0.05) is 36.2 Å². The molecular formula is C21H19ClN4O. The van der Waals surface area contributed by atoms with E-state index >= 15 is 0 Å². The average molecular weight is 379 g/mol. The molecule has 0 unspecified atom stereocenters. The number of nitrogens with zero attached hydrogens (tertiary/aromatic N) is 3. The van der Waals surface area contributed by atoms with Crippen molar-refractivity contribution in [3.8, 4) is 0 Å². The fourth-order valence-electron chi connectivity index (χ4n) is 3.24. The Morgan fingerprint density at radius 1 is 1.11 bits per heavy atom. The first-order valence-electron chi connectivity index (χ1n) is 8.91. The zero-order chi connectivity index (χ0) is 18.6. The number of fused-ring (bicyclic) bond motifs is 1.